The van der Waals surface area contributed by atoms with Crippen molar-refractivity contribution in [2.45, 2.75) is 74.6 Å². The van der Waals surface area contributed by atoms with E-state index in [1.54, 1.807) is 5.56 Å². The summed E-state index contributed by atoms with van der Waals surface area (Å²) < 4.78 is 0. The summed E-state index contributed by atoms with van der Waals surface area (Å²) in [5, 5.41) is 4.92. The van der Waals surface area contributed by atoms with Gasteiger partial charge >= 0.3 is 0 Å². The van der Waals surface area contributed by atoms with Crippen molar-refractivity contribution in [3.05, 3.63) is 35.9 Å². The van der Waals surface area contributed by atoms with Gasteiger partial charge in [-0.05, 0) is 43.4 Å². The van der Waals surface area contributed by atoms with Crippen LogP contribution < -0.4 is 5.32 Å². The van der Waals surface area contributed by atoms with Crippen LogP contribution in [0.5, 0.6) is 0 Å². The molecular formula is C19H29NS. The van der Waals surface area contributed by atoms with Crippen molar-refractivity contribution in [3.8, 4) is 0 Å². The van der Waals surface area contributed by atoms with E-state index in [1.165, 1.54) is 51.4 Å². The Hall–Kier alpha value is -0.470. The highest BCUT2D eigenvalue weighted by Gasteiger charge is 2.31. The van der Waals surface area contributed by atoms with Crippen LogP contribution in [0.3, 0.4) is 0 Å². The van der Waals surface area contributed by atoms with Gasteiger partial charge in [0.05, 0.1) is 0 Å². The molecule has 116 valence electrons. The Morgan fingerprint density at radius 2 is 1.52 bits per heavy atom. The van der Waals surface area contributed by atoms with Crippen molar-refractivity contribution >= 4 is 11.8 Å². The minimum absolute atomic E-state index is 0.693. The zero-order valence-electron chi connectivity index (χ0n) is 13.3. The highest BCUT2D eigenvalue weighted by molar-refractivity contribution is 7.99. The summed E-state index contributed by atoms with van der Waals surface area (Å²) in [5.74, 6) is 0.726. The van der Waals surface area contributed by atoms with E-state index in [0.29, 0.717) is 6.04 Å². The first-order valence-corrected chi connectivity index (χ1v) is 10.0. The van der Waals surface area contributed by atoms with Gasteiger partial charge in [-0.3, -0.25) is 0 Å². The third-order valence-corrected chi connectivity index (χ3v) is 6.60. The fourth-order valence-electron chi connectivity index (χ4n) is 4.27. The van der Waals surface area contributed by atoms with Gasteiger partial charge in [0, 0.05) is 17.3 Å². The van der Waals surface area contributed by atoms with Gasteiger partial charge in [-0.1, -0.05) is 56.0 Å². The second-order valence-corrected chi connectivity index (χ2v) is 7.82. The number of nitrogens with one attached hydrogen (secondary N) is 1. The molecule has 1 nitrogen and oxygen atoms in total. The highest BCUT2D eigenvalue weighted by atomic mass is 32.2. The minimum atomic E-state index is 0.693. The molecule has 1 N–H and O–H groups in total. The summed E-state index contributed by atoms with van der Waals surface area (Å²) in [4.78, 5) is 0. The summed E-state index contributed by atoms with van der Waals surface area (Å²) in [6.07, 6.45) is 13.4. The molecule has 0 saturated heterocycles. The molecule has 0 bridgehead atoms. The Balaban J connectivity index is 1.69. The molecule has 0 amide bonds. The quantitative estimate of drug-likeness (QED) is 0.842. The number of benzene rings is 1. The molecule has 2 aliphatic carbocycles. The summed E-state index contributed by atoms with van der Waals surface area (Å²) in [6.45, 7) is 0. The molecule has 0 heterocycles. The molecule has 1 aromatic carbocycles. The molecule has 4 unspecified atom stereocenters. The summed E-state index contributed by atoms with van der Waals surface area (Å²) in [5.41, 5.74) is 1.55. The van der Waals surface area contributed by atoms with Crippen molar-refractivity contribution < 1.29 is 0 Å². The van der Waals surface area contributed by atoms with Crippen LogP contribution in [0.25, 0.3) is 0 Å². The van der Waals surface area contributed by atoms with Crippen molar-refractivity contribution in [1.29, 1.82) is 0 Å². The van der Waals surface area contributed by atoms with E-state index in [4.69, 9.17) is 0 Å². The Morgan fingerprint density at radius 1 is 0.857 bits per heavy atom. The molecule has 21 heavy (non-hydrogen) atoms. The standard InChI is InChI=1S/C19H29NS/c1-21-19-14-8-7-13-18(19)20-17-12-6-5-11-16(17)15-9-3-2-4-10-15/h2-4,9-10,16-20H,5-8,11-14H2,1H3. The van der Waals surface area contributed by atoms with Crippen LogP contribution in [0.15, 0.2) is 30.3 Å². The van der Waals surface area contributed by atoms with Gasteiger partial charge in [0.15, 0.2) is 0 Å². The van der Waals surface area contributed by atoms with Crippen LogP contribution in [0.4, 0.5) is 0 Å². The third kappa shape index (κ3) is 3.84. The number of hydrogen-bond acceptors (Lipinski definition) is 2. The van der Waals surface area contributed by atoms with Crippen LogP contribution in [-0.4, -0.2) is 23.6 Å². The lowest BCUT2D eigenvalue weighted by atomic mass is 9.79. The Labute approximate surface area is 134 Å². The number of rotatable bonds is 4. The molecule has 2 heteroatoms. The van der Waals surface area contributed by atoms with E-state index in [0.717, 1.165) is 17.2 Å². The maximum Gasteiger partial charge on any atom is 0.0198 e. The maximum atomic E-state index is 4.09. The predicted octanol–water partition coefficient (Wildman–Crippen LogP) is 4.98. The lowest BCUT2D eigenvalue weighted by Crippen LogP contribution is -2.48. The normalized spacial score (nSPS) is 33.8. The van der Waals surface area contributed by atoms with Crippen LogP contribution in [-0.2, 0) is 0 Å². The van der Waals surface area contributed by atoms with E-state index in [9.17, 15) is 0 Å². The van der Waals surface area contributed by atoms with Crippen LogP contribution in [0.2, 0.25) is 0 Å². The van der Waals surface area contributed by atoms with Crippen molar-refractivity contribution in [1.82, 2.24) is 5.32 Å². The topological polar surface area (TPSA) is 12.0 Å². The SMILES string of the molecule is CSC1CCCCC1NC1CCCCC1c1ccccc1. The van der Waals surface area contributed by atoms with E-state index in [-0.39, 0.29) is 0 Å². The number of thioether (sulfide) groups is 1. The maximum absolute atomic E-state index is 4.09. The van der Waals surface area contributed by atoms with Crippen molar-refractivity contribution in [2.24, 2.45) is 0 Å². The zero-order chi connectivity index (χ0) is 14.5. The monoisotopic (exact) mass is 303 g/mol. The van der Waals surface area contributed by atoms with E-state index in [2.05, 4.69) is 53.7 Å². The molecule has 2 aliphatic rings. The smallest absolute Gasteiger partial charge is 0.0198 e. The van der Waals surface area contributed by atoms with Crippen molar-refractivity contribution in [3.63, 3.8) is 0 Å². The lowest BCUT2D eigenvalue weighted by Gasteiger charge is -2.39. The second kappa shape index (κ2) is 7.69. The fraction of sp³-hybridized carbons (Fsp3) is 0.684. The first-order chi connectivity index (χ1) is 10.4. The summed E-state index contributed by atoms with van der Waals surface area (Å²) >= 11 is 2.08. The van der Waals surface area contributed by atoms with Crippen molar-refractivity contribution in [2.75, 3.05) is 6.26 Å². The fourth-order valence-corrected chi connectivity index (χ4v) is 5.22. The Morgan fingerprint density at radius 3 is 2.29 bits per heavy atom. The van der Waals surface area contributed by atoms with E-state index in [1.807, 2.05) is 0 Å². The first-order valence-electron chi connectivity index (χ1n) is 8.72. The molecule has 0 radical (unpaired) electrons. The molecule has 1 aromatic rings. The first kappa shape index (κ1) is 15.4. The van der Waals surface area contributed by atoms with Gasteiger partial charge in [-0.15, -0.1) is 0 Å². The minimum Gasteiger partial charge on any atom is -0.310 e. The number of hydrogen-bond donors (Lipinski definition) is 1. The zero-order valence-corrected chi connectivity index (χ0v) is 14.1. The average molecular weight is 304 g/mol. The molecular weight excluding hydrogens is 274 g/mol. The molecule has 0 aromatic heterocycles. The summed E-state index contributed by atoms with van der Waals surface area (Å²) in [6, 6.07) is 12.6. The average Bonchev–Trinajstić information content (AvgIpc) is 2.57. The van der Waals surface area contributed by atoms with Crippen LogP contribution in [0, 0.1) is 0 Å². The molecule has 2 saturated carbocycles. The molecule has 2 fully saturated rings. The van der Waals surface area contributed by atoms with Gasteiger partial charge in [0.2, 0.25) is 0 Å². The second-order valence-electron chi connectivity index (χ2n) is 6.74. The molecule has 3 rings (SSSR count). The van der Waals surface area contributed by atoms with E-state index >= 15 is 0 Å². The highest BCUT2D eigenvalue weighted by Crippen LogP contribution is 2.35. The van der Waals surface area contributed by atoms with Crippen LogP contribution >= 0.6 is 11.8 Å². The molecule has 4 atom stereocenters. The Bertz CT molecular complexity index is 419. The lowest BCUT2D eigenvalue weighted by molar-refractivity contribution is 0.270. The van der Waals surface area contributed by atoms with Gasteiger partial charge in [-0.25, -0.2) is 0 Å². The predicted molar refractivity (Wildman–Crippen MR) is 94.1 cm³/mol. The van der Waals surface area contributed by atoms with Gasteiger partial charge in [-0.2, -0.15) is 11.8 Å². The largest absolute Gasteiger partial charge is 0.310 e. The molecule has 0 aliphatic heterocycles. The third-order valence-electron chi connectivity index (χ3n) is 5.43. The van der Waals surface area contributed by atoms with Gasteiger partial charge < -0.3 is 5.32 Å². The van der Waals surface area contributed by atoms with E-state index < -0.39 is 0 Å². The van der Waals surface area contributed by atoms with Gasteiger partial charge in [0.25, 0.3) is 0 Å². The van der Waals surface area contributed by atoms with Gasteiger partial charge in [0.1, 0.15) is 0 Å². The summed E-state index contributed by atoms with van der Waals surface area (Å²) in [7, 11) is 0. The molecule has 0 spiro atoms. The Kier molecular flexibility index (Phi) is 5.65. The van der Waals surface area contributed by atoms with Crippen LogP contribution in [0.1, 0.15) is 62.8 Å².